The molecule has 0 unspecified atom stereocenters. The van der Waals surface area contributed by atoms with E-state index in [9.17, 15) is 8.78 Å². The number of rotatable bonds is 3. The van der Waals surface area contributed by atoms with Crippen molar-refractivity contribution in [2.75, 3.05) is 36.8 Å². The predicted octanol–water partition coefficient (Wildman–Crippen LogP) is 2.87. The summed E-state index contributed by atoms with van der Waals surface area (Å²) in [6.07, 6.45) is 0. The lowest BCUT2D eigenvalue weighted by Gasteiger charge is -2.36. The summed E-state index contributed by atoms with van der Waals surface area (Å²) in [5.41, 5.74) is 8.07. The van der Waals surface area contributed by atoms with Gasteiger partial charge < -0.3 is 10.6 Å². The maximum Gasteiger partial charge on any atom is 0.146 e. The topological polar surface area (TPSA) is 32.5 Å². The van der Waals surface area contributed by atoms with Crippen molar-refractivity contribution in [2.45, 2.75) is 6.54 Å². The SMILES string of the molecule is Nc1cccc(CN2CCN(c3cc(F)ccc3F)CC2)c1. The Morgan fingerprint density at radius 2 is 1.73 bits per heavy atom. The second-order valence-corrected chi connectivity index (χ2v) is 5.60. The predicted molar refractivity (Wildman–Crippen MR) is 84.7 cm³/mol. The number of hydrogen-bond donors (Lipinski definition) is 1. The van der Waals surface area contributed by atoms with Gasteiger partial charge in [-0.05, 0) is 29.8 Å². The first-order valence-corrected chi connectivity index (χ1v) is 7.38. The Labute approximate surface area is 128 Å². The van der Waals surface area contributed by atoms with Crippen LogP contribution in [-0.4, -0.2) is 31.1 Å². The summed E-state index contributed by atoms with van der Waals surface area (Å²) in [5.74, 6) is -0.774. The molecule has 0 bridgehead atoms. The van der Waals surface area contributed by atoms with Gasteiger partial charge in [0.15, 0.2) is 0 Å². The third-order valence-corrected chi connectivity index (χ3v) is 3.98. The maximum absolute atomic E-state index is 13.8. The molecule has 0 aliphatic carbocycles. The molecule has 0 aromatic heterocycles. The molecule has 2 aromatic carbocycles. The normalized spacial score (nSPS) is 16.0. The molecule has 3 rings (SSSR count). The van der Waals surface area contributed by atoms with E-state index in [2.05, 4.69) is 11.0 Å². The number of nitrogen functional groups attached to an aromatic ring is 1. The Hall–Kier alpha value is -2.14. The van der Waals surface area contributed by atoms with Crippen LogP contribution < -0.4 is 10.6 Å². The molecule has 1 heterocycles. The Bertz CT molecular complexity index is 652. The first kappa shape index (κ1) is 14.8. The first-order chi connectivity index (χ1) is 10.6. The van der Waals surface area contributed by atoms with E-state index in [0.29, 0.717) is 18.8 Å². The fraction of sp³-hybridized carbons (Fsp3) is 0.294. The number of halogens is 2. The van der Waals surface area contributed by atoms with Crippen LogP contribution in [0.2, 0.25) is 0 Å². The molecule has 2 aromatic rings. The number of benzene rings is 2. The lowest BCUT2D eigenvalue weighted by atomic mass is 10.1. The van der Waals surface area contributed by atoms with Crippen molar-refractivity contribution in [1.82, 2.24) is 4.90 Å². The van der Waals surface area contributed by atoms with Crippen LogP contribution in [-0.2, 0) is 6.54 Å². The molecular formula is C17H19F2N3. The van der Waals surface area contributed by atoms with Gasteiger partial charge in [-0.2, -0.15) is 0 Å². The van der Waals surface area contributed by atoms with Gasteiger partial charge in [-0.15, -0.1) is 0 Å². The van der Waals surface area contributed by atoms with Crippen molar-refractivity contribution in [2.24, 2.45) is 0 Å². The first-order valence-electron chi connectivity index (χ1n) is 7.38. The number of piperazine rings is 1. The molecule has 0 amide bonds. The van der Waals surface area contributed by atoms with Gasteiger partial charge in [-0.25, -0.2) is 8.78 Å². The molecule has 2 N–H and O–H groups in total. The Kier molecular flexibility index (Phi) is 4.24. The van der Waals surface area contributed by atoms with Crippen LogP contribution in [0.5, 0.6) is 0 Å². The van der Waals surface area contributed by atoms with E-state index in [-0.39, 0.29) is 5.82 Å². The van der Waals surface area contributed by atoms with E-state index < -0.39 is 5.82 Å². The fourth-order valence-electron chi connectivity index (χ4n) is 2.82. The zero-order valence-corrected chi connectivity index (χ0v) is 12.3. The van der Waals surface area contributed by atoms with E-state index >= 15 is 0 Å². The summed E-state index contributed by atoms with van der Waals surface area (Å²) in [6, 6.07) is 11.4. The molecule has 1 aliphatic rings. The average molecular weight is 303 g/mol. The number of anilines is 2. The summed E-state index contributed by atoms with van der Waals surface area (Å²) in [7, 11) is 0. The maximum atomic E-state index is 13.8. The van der Waals surface area contributed by atoms with Crippen LogP contribution in [0, 0.1) is 11.6 Å². The quantitative estimate of drug-likeness (QED) is 0.885. The number of nitrogens with two attached hydrogens (primary N) is 1. The molecule has 1 aliphatic heterocycles. The highest BCUT2D eigenvalue weighted by Gasteiger charge is 2.20. The van der Waals surface area contributed by atoms with E-state index in [1.54, 1.807) is 0 Å². The van der Waals surface area contributed by atoms with Crippen LogP contribution in [0.15, 0.2) is 42.5 Å². The standard InChI is InChI=1S/C17H19F2N3/c18-14-4-5-16(19)17(11-14)22-8-6-21(7-9-22)12-13-2-1-3-15(20)10-13/h1-5,10-11H,6-9,12,20H2. The monoisotopic (exact) mass is 303 g/mol. The zero-order valence-electron chi connectivity index (χ0n) is 12.3. The van der Waals surface area contributed by atoms with Crippen molar-refractivity contribution in [3.8, 4) is 0 Å². The molecule has 0 atom stereocenters. The van der Waals surface area contributed by atoms with E-state index in [4.69, 9.17) is 5.73 Å². The summed E-state index contributed by atoms with van der Waals surface area (Å²) < 4.78 is 27.1. The van der Waals surface area contributed by atoms with Crippen molar-refractivity contribution < 1.29 is 8.78 Å². The fourth-order valence-corrected chi connectivity index (χ4v) is 2.82. The molecule has 1 saturated heterocycles. The molecule has 3 nitrogen and oxygen atoms in total. The van der Waals surface area contributed by atoms with Crippen molar-refractivity contribution >= 4 is 11.4 Å². The van der Waals surface area contributed by atoms with Crippen LogP contribution >= 0.6 is 0 Å². The minimum atomic E-state index is -0.404. The molecule has 22 heavy (non-hydrogen) atoms. The molecule has 1 fully saturated rings. The highest BCUT2D eigenvalue weighted by atomic mass is 19.1. The van der Waals surface area contributed by atoms with Gasteiger partial charge >= 0.3 is 0 Å². The lowest BCUT2D eigenvalue weighted by Crippen LogP contribution is -2.46. The van der Waals surface area contributed by atoms with Gasteiger partial charge in [0.25, 0.3) is 0 Å². The highest BCUT2D eigenvalue weighted by Crippen LogP contribution is 2.22. The minimum Gasteiger partial charge on any atom is -0.399 e. The summed E-state index contributed by atoms with van der Waals surface area (Å²) in [5, 5.41) is 0. The van der Waals surface area contributed by atoms with E-state index in [0.717, 1.165) is 31.4 Å². The Balaban J connectivity index is 1.61. The second-order valence-electron chi connectivity index (χ2n) is 5.60. The van der Waals surface area contributed by atoms with Gasteiger partial charge in [-0.3, -0.25) is 4.90 Å². The van der Waals surface area contributed by atoms with Crippen LogP contribution in [0.4, 0.5) is 20.2 Å². The minimum absolute atomic E-state index is 0.351. The average Bonchev–Trinajstić information content (AvgIpc) is 2.51. The molecule has 0 spiro atoms. The van der Waals surface area contributed by atoms with Crippen LogP contribution in [0.3, 0.4) is 0 Å². The third kappa shape index (κ3) is 3.36. The van der Waals surface area contributed by atoms with Gasteiger partial charge in [0.1, 0.15) is 11.6 Å². The lowest BCUT2D eigenvalue weighted by molar-refractivity contribution is 0.249. The Morgan fingerprint density at radius 3 is 2.45 bits per heavy atom. The molecular weight excluding hydrogens is 284 g/mol. The highest BCUT2D eigenvalue weighted by molar-refractivity contribution is 5.48. The number of nitrogens with zero attached hydrogens (tertiary/aromatic N) is 2. The summed E-state index contributed by atoms with van der Waals surface area (Å²) in [6.45, 7) is 3.81. The summed E-state index contributed by atoms with van der Waals surface area (Å²) in [4.78, 5) is 4.19. The molecule has 0 saturated carbocycles. The molecule has 116 valence electrons. The smallest absolute Gasteiger partial charge is 0.146 e. The van der Waals surface area contributed by atoms with Crippen LogP contribution in [0.25, 0.3) is 0 Å². The van der Waals surface area contributed by atoms with Crippen molar-refractivity contribution in [3.05, 3.63) is 59.7 Å². The second kappa shape index (κ2) is 6.32. The van der Waals surface area contributed by atoms with Gasteiger partial charge in [0, 0.05) is 44.5 Å². The van der Waals surface area contributed by atoms with Gasteiger partial charge in [0.05, 0.1) is 5.69 Å². The van der Waals surface area contributed by atoms with E-state index in [1.807, 2.05) is 23.1 Å². The number of hydrogen-bond acceptors (Lipinski definition) is 3. The van der Waals surface area contributed by atoms with Crippen molar-refractivity contribution in [3.63, 3.8) is 0 Å². The van der Waals surface area contributed by atoms with Gasteiger partial charge in [-0.1, -0.05) is 12.1 Å². The molecule has 0 radical (unpaired) electrons. The van der Waals surface area contributed by atoms with Crippen molar-refractivity contribution in [1.29, 1.82) is 0 Å². The van der Waals surface area contributed by atoms with Crippen LogP contribution in [0.1, 0.15) is 5.56 Å². The van der Waals surface area contributed by atoms with E-state index in [1.165, 1.54) is 17.7 Å². The third-order valence-electron chi connectivity index (χ3n) is 3.98. The Morgan fingerprint density at radius 1 is 0.955 bits per heavy atom. The molecule has 5 heteroatoms. The van der Waals surface area contributed by atoms with Gasteiger partial charge in [0.2, 0.25) is 0 Å². The largest absolute Gasteiger partial charge is 0.399 e. The zero-order chi connectivity index (χ0) is 15.5. The summed E-state index contributed by atoms with van der Waals surface area (Å²) >= 11 is 0.